The Morgan fingerprint density at radius 1 is 1.33 bits per heavy atom. The highest BCUT2D eigenvalue weighted by Gasteiger charge is 2.13. The molecule has 0 aromatic carbocycles. The molecule has 1 N–H and O–H groups in total. The van der Waals surface area contributed by atoms with Crippen molar-refractivity contribution in [1.82, 2.24) is 15.1 Å². The summed E-state index contributed by atoms with van der Waals surface area (Å²) in [6.45, 7) is 7.37. The molecule has 0 unspecified atom stereocenters. The number of carbonyl (C=O) groups is 1. The number of esters is 1. The van der Waals surface area contributed by atoms with Crippen LogP contribution in [-0.4, -0.2) is 69.2 Å². The van der Waals surface area contributed by atoms with Gasteiger partial charge in [-0.15, -0.1) is 0 Å². The normalized spacial score (nSPS) is 17.0. The summed E-state index contributed by atoms with van der Waals surface area (Å²) in [7, 11) is 3.52. The molecule has 0 amide bonds. The van der Waals surface area contributed by atoms with Gasteiger partial charge in [0.1, 0.15) is 5.76 Å². The van der Waals surface area contributed by atoms with Gasteiger partial charge in [0.2, 0.25) is 5.76 Å². The third-order valence-electron chi connectivity index (χ3n) is 3.77. The number of nitrogens with one attached hydrogen (secondary N) is 1. The van der Waals surface area contributed by atoms with Crippen LogP contribution in [-0.2, 0) is 11.3 Å². The number of carbonyl (C=O) groups excluding carboxylic acids is 1. The van der Waals surface area contributed by atoms with E-state index in [0.717, 1.165) is 51.4 Å². The molecule has 6 heteroatoms. The maximum atomic E-state index is 11.3. The van der Waals surface area contributed by atoms with Crippen LogP contribution in [0.2, 0.25) is 0 Å². The minimum Gasteiger partial charge on any atom is -0.463 e. The van der Waals surface area contributed by atoms with E-state index < -0.39 is 5.97 Å². The van der Waals surface area contributed by atoms with Crippen LogP contribution in [0, 0.1) is 0 Å². The monoisotopic (exact) mass is 295 g/mol. The molecular weight excluding hydrogens is 270 g/mol. The molecule has 1 aromatic heterocycles. The van der Waals surface area contributed by atoms with Gasteiger partial charge in [-0.1, -0.05) is 0 Å². The standard InChI is InChI=1S/C15H25N3O3/c1-17-8-10-18(11-9-17)7-3-6-16-12-13-4-5-14(21-13)15(19)20-2/h4-5,16H,3,6-12H2,1-2H3. The van der Waals surface area contributed by atoms with Crippen molar-refractivity contribution >= 4 is 5.97 Å². The number of piperazine rings is 1. The van der Waals surface area contributed by atoms with E-state index in [2.05, 4.69) is 26.9 Å². The van der Waals surface area contributed by atoms with Crippen molar-refractivity contribution in [1.29, 1.82) is 0 Å². The zero-order valence-electron chi connectivity index (χ0n) is 12.9. The van der Waals surface area contributed by atoms with Crippen molar-refractivity contribution in [2.24, 2.45) is 0 Å². The smallest absolute Gasteiger partial charge is 0.373 e. The molecule has 0 saturated carbocycles. The van der Waals surface area contributed by atoms with Crippen molar-refractivity contribution in [3.63, 3.8) is 0 Å². The molecule has 0 radical (unpaired) electrons. The summed E-state index contributed by atoms with van der Waals surface area (Å²) in [4.78, 5) is 16.1. The van der Waals surface area contributed by atoms with Crippen LogP contribution in [0.1, 0.15) is 22.7 Å². The number of hydrogen-bond donors (Lipinski definition) is 1. The Bertz CT molecular complexity index is 439. The molecule has 1 aliphatic heterocycles. The molecule has 0 aliphatic carbocycles. The fraction of sp³-hybridized carbons (Fsp3) is 0.667. The molecule has 118 valence electrons. The SMILES string of the molecule is COC(=O)c1ccc(CNCCCN2CCN(C)CC2)o1. The summed E-state index contributed by atoms with van der Waals surface area (Å²) in [5.74, 6) is 0.582. The van der Waals surface area contributed by atoms with E-state index in [1.165, 1.54) is 7.11 Å². The second-order valence-corrected chi connectivity index (χ2v) is 5.43. The lowest BCUT2D eigenvalue weighted by Gasteiger charge is -2.32. The van der Waals surface area contributed by atoms with Crippen molar-refractivity contribution in [3.8, 4) is 0 Å². The first-order valence-electron chi connectivity index (χ1n) is 7.47. The maximum absolute atomic E-state index is 11.3. The lowest BCUT2D eigenvalue weighted by atomic mass is 10.3. The van der Waals surface area contributed by atoms with E-state index >= 15 is 0 Å². The topological polar surface area (TPSA) is 58.0 Å². The highest BCUT2D eigenvalue weighted by Crippen LogP contribution is 2.08. The van der Waals surface area contributed by atoms with Crippen molar-refractivity contribution < 1.29 is 13.9 Å². The Balaban J connectivity index is 1.57. The second-order valence-electron chi connectivity index (χ2n) is 5.43. The average Bonchev–Trinajstić information content (AvgIpc) is 2.97. The summed E-state index contributed by atoms with van der Waals surface area (Å²) in [6, 6.07) is 3.45. The predicted molar refractivity (Wildman–Crippen MR) is 80.3 cm³/mol. The average molecular weight is 295 g/mol. The number of furan rings is 1. The lowest BCUT2D eigenvalue weighted by Crippen LogP contribution is -2.45. The molecular formula is C15H25N3O3. The third kappa shape index (κ3) is 5.15. The number of methoxy groups -OCH3 is 1. The molecule has 6 nitrogen and oxygen atoms in total. The summed E-state index contributed by atoms with van der Waals surface area (Å²) < 4.78 is 10.00. The highest BCUT2D eigenvalue weighted by molar-refractivity contribution is 5.86. The maximum Gasteiger partial charge on any atom is 0.373 e. The molecule has 1 saturated heterocycles. The van der Waals surface area contributed by atoms with E-state index in [9.17, 15) is 4.79 Å². The Morgan fingerprint density at radius 3 is 2.81 bits per heavy atom. The van der Waals surface area contributed by atoms with Gasteiger partial charge in [0.15, 0.2) is 0 Å². The molecule has 0 atom stereocenters. The van der Waals surface area contributed by atoms with E-state index in [4.69, 9.17) is 4.42 Å². The summed E-state index contributed by atoms with van der Waals surface area (Å²) in [5.41, 5.74) is 0. The van der Waals surface area contributed by atoms with Gasteiger partial charge in [0.05, 0.1) is 13.7 Å². The van der Waals surface area contributed by atoms with Gasteiger partial charge in [-0.2, -0.15) is 0 Å². The second kappa shape index (κ2) is 8.17. The van der Waals surface area contributed by atoms with Gasteiger partial charge < -0.3 is 24.3 Å². The largest absolute Gasteiger partial charge is 0.463 e. The molecule has 0 bridgehead atoms. The highest BCUT2D eigenvalue weighted by atomic mass is 16.5. The van der Waals surface area contributed by atoms with E-state index in [1.807, 2.05) is 0 Å². The van der Waals surface area contributed by atoms with Gasteiger partial charge >= 0.3 is 5.97 Å². The van der Waals surface area contributed by atoms with Crippen LogP contribution in [0.15, 0.2) is 16.5 Å². The number of rotatable bonds is 7. The number of ether oxygens (including phenoxy) is 1. The van der Waals surface area contributed by atoms with E-state index in [1.54, 1.807) is 12.1 Å². The van der Waals surface area contributed by atoms with Crippen molar-refractivity contribution in [3.05, 3.63) is 23.7 Å². The van der Waals surface area contributed by atoms with Gasteiger partial charge in [-0.25, -0.2) is 4.79 Å². The minimum atomic E-state index is -0.434. The summed E-state index contributed by atoms with van der Waals surface area (Å²) in [5, 5.41) is 3.34. The zero-order chi connectivity index (χ0) is 15.1. The van der Waals surface area contributed by atoms with Crippen LogP contribution < -0.4 is 5.32 Å². The summed E-state index contributed by atoms with van der Waals surface area (Å²) >= 11 is 0. The quantitative estimate of drug-likeness (QED) is 0.593. The Morgan fingerprint density at radius 2 is 2.10 bits per heavy atom. The molecule has 21 heavy (non-hydrogen) atoms. The van der Waals surface area contributed by atoms with E-state index in [0.29, 0.717) is 6.54 Å². The molecule has 1 aliphatic rings. The molecule has 1 aromatic rings. The predicted octanol–water partition coefficient (Wildman–Crippen LogP) is 0.793. The fourth-order valence-electron chi connectivity index (χ4n) is 2.39. The van der Waals surface area contributed by atoms with Crippen LogP contribution in [0.3, 0.4) is 0 Å². The molecule has 1 fully saturated rings. The third-order valence-corrected chi connectivity index (χ3v) is 3.77. The van der Waals surface area contributed by atoms with Gasteiger partial charge in [0.25, 0.3) is 0 Å². The van der Waals surface area contributed by atoms with Gasteiger partial charge in [-0.3, -0.25) is 0 Å². The van der Waals surface area contributed by atoms with Gasteiger partial charge in [0, 0.05) is 26.2 Å². The lowest BCUT2D eigenvalue weighted by molar-refractivity contribution is 0.0563. The van der Waals surface area contributed by atoms with Crippen LogP contribution in [0.25, 0.3) is 0 Å². The summed E-state index contributed by atoms with van der Waals surface area (Å²) in [6.07, 6.45) is 1.12. The van der Waals surface area contributed by atoms with Crippen LogP contribution in [0.4, 0.5) is 0 Å². The van der Waals surface area contributed by atoms with Crippen LogP contribution in [0.5, 0.6) is 0 Å². The minimum absolute atomic E-state index is 0.256. The Kier molecular flexibility index (Phi) is 6.22. The molecule has 2 rings (SSSR count). The number of nitrogens with zero attached hydrogens (tertiary/aromatic N) is 2. The molecule has 2 heterocycles. The fourth-order valence-corrected chi connectivity index (χ4v) is 2.39. The first kappa shape index (κ1) is 16.0. The Labute approximate surface area is 126 Å². The Hall–Kier alpha value is -1.37. The van der Waals surface area contributed by atoms with Crippen molar-refractivity contribution in [2.45, 2.75) is 13.0 Å². The van der Waals surface area contributed by atoms with Gasteiger partial charge in [-0.05, 0) is 38.7 Å². The zero-order valence-corrected chi connectivity index (χ0v) is 12.9. The van der Waals surface area contributed by atoms with Crippen LogP contribution >= 0.6 is 0 Å². The first-order valence-corrected chi connectivity index (χ1v) is 7.47. The first-order chi connectivity index (χ1) is 10.2. The van der Waals surface area contributed by atoms with Crippen molar-refractivity contribution in [2.75, 3.05) is 53.4 Å². The molecule has 0 spiro atoms. The van der Waals surface area contributed by atoms with E-state index in [-0.39, 0.29) is 5.76 Å². The number of hydrogen-bond acceptors (Lipinski definition) is 6. The number of likely N-dealkylation sites (N-methyl/N-ethyl adjacent to an activating group) is 1.